The van der Waals surface area contributed by atoms with Crippen LogP contribution < -0.4 is 5.32 Å². The van der Waals surface area contributed by atoms with Crippen molar-refractivity contribution in [1.29, 1.82) is 0 Å². The molecule has 3 aromatic rings. The van der Waals surface area contributed by atoms with Crippen molar-refractivity contribution in [3.8, 4) is 5.69 Å². The van der Waals surface area contributed by atoms with Gasteiger partial charge in [0.05, 0.1) is 15.7 Å². The number of hydrogen-bond acceptors (Lipinski definition) is 3. The average molecular weight is 318 g/mol. The molecule has 0 spiro atoms. The highest BCUT2D eigenvalue weighted by Crippen LogP contribution is 2.26. The molecule has 0 saturated carbocycles. The highest BCUT2D eigenvalue weighted by molar-refractivity contribution is 7.16. The summed E-state index contributed by atoms with van der Waals surface area (Å²) < 4.78 is 2.72. The fraction of sp³-hybridized carbons (Fsp3) is 0.188. The first-order valence-corrected chi connectivity index (χ1v) is 8.00. The van der Waals surface area contributed by atoms with E-state index in [0.29, 0.717) is 0 Å². The molecule has 3 rings (SSSR count). The van der Waals surface area contributed by atoms with E-state index < -0.39 is 0 Å². The largest absolute Gasteiger partial charge is 0.304 e. The van der Waals surface area contributed by atoms with Crippen LogP contribution in [0.2, 0.25) is 4.34 Å². The SMILES string of the molecule is CC(NCc1ccn(-c2ccccc2)n1)c1ccc(Cl)s1. The van der Waals surface area contributed by atoms with Gasteiger partial charge in [-0.2, -0.15) is 5.10 Å². The number of hydrogen-bond donors (Lipinski definition) is 1. The summed E-state index contributed by atoms with van der Waals surface area (Å²) in [6.07, 6.45) is 1.99. The first-order chi connectivity index (χ1) is 10.2. The molecule has 5 heteroatoms. The van der Waals surface area contributed by atoms with Crippen LogP contribution in [0.1, 0.15) is 23.5 Å². The average Bonchev–Trinajstić information content (AvgIpc) is 3.15. The predicted octanol–water partition coefficient (Wildman–Crippen LogP) is 4.44. The van der Waals surface area contributed by atoms with Crippen molar-refractivity contribution in [2.24, 2.45) is 0 Å². The summed E-state index contributed by atoms with van der Waals surface area (Å²) in [6.45, 7) is 2.87. The maximum Gasteiger partial charge on any atom is 0.0931 e. The highest BCUT2D eigenvalue weighted by Gasteiger charge is 2.08. The first kappa shape index (κ1) is 14.3. The van der Waals surface area contributed by atoms with Gasteiger partial charge in [0.15, 0.2) is 0 Å². The molecule has 0 aliphatic carbocycles. The number of rotatable bonds is 5. The third kappa shape index (κ3) is 3.53. The van der Waals surface area contributed by atoms with Crippen LogP contribution in [0.3, 0.4) is 0 Å². The number of nitrogens with one attached hydrogen (secondary N) is 1. The summed E-state index contributed by atoms with van der Waals surface area (Å²) in [5.74, 6) is 0. The molecular formula is C16H16ClN3S. The minimum Gasteiger partial charge on any atom is -0.304 e. The maximum atomic E-state index is 5.97. The van der Waals surface area contributed by atoms with E-state index in [9.17, 15) is 0 Å². The second-order valence-corrected chi connectivity index (χ2v) is 6.58. The van der Waals surface area contributed by atoms with Gasteiger partial charge >= 0.3 is 0 Å². The normalized spacial score (nSPS) is 12.5. The molecule has 0 fully saturated rings. The molecule has 1 N–H and O–H groups in total. The fourth-order valence-electron chi connectivity index (χ4n) is 2.10. The van der Waals surface area contributed by atoms with Crippen molar-refractivity contribution < 1.29 is 0 Å². The van der Waals surface area contributed by atoms with Crippen molar-refractivity contribution in [2.75, 3.05) is 0 Å². The van der Waals surface area contributed by atoms with Crippen LogP contribution in [0.4, 0.5) is 0 Å². The lowest BCUT2D eigenvalue weighted by Crippen LogP contribution is -2.17. The number of halogens is 1. The number of nitrogens with zero attached hydrogens (tertiary/aromatic N) is 2. The van der Waals surface area contributed by atoms with E-state index in [2.05, 4.69) is 23.4 Å². The van der Waals surface area contributed by atoms with Crippen LogP contribution in [0.5, 0.6) is 0 Å². The lowest BCUT2D eigenvalue weighted by molar-refractivity contribution is 0.572. The zero-order valence-corrected chi connectivity index (χ0v) is 13.2. The smallest absolute Gasteiger partial charge is 0.0931 e. The maximum absolute atomic E-state index is 5.97. The van der Waals surface area contributed by atoms with Crippen molar-refractivity contribution in [1.82, 2.24) is 15.1 Å². The van der Waals surface area contributed by atoms with Gasteiger partial charge in [-0.1, -0.05) is 29.8 Å². The highest BCUT2D eigenvalue weighted by atomic mass is 35.5. The van der Waals surface area contributed by atoms with Gasteiger partial charge in [-0.15, -0.1) is 11.3 Å². The van der Waals surface area contributed by atoms with Gasteiger partial charge in [-0.25, -0.2) is 4.68 Å². The van der Waals surface area contributed by atoms with Crippen LogP contribution >= 0.6 is 22.9 Å². The van der Waals surface area contributed by atoms with E-state index in [1.165, 1.54) is 4.88 Å². The van der Waals surface area contributed by atoms with Crippen LogP contribution in [-0.4, -0.2) is 9.78 Å². The molecule has 0 amide bonds. The minimum atomic E-state index is 0.268. The quantitative estimate of drug-likeness (QED) is 0.754. The van der Waals surface area contributed by atoms with Crippen molar-refractivity contribution in [3.05, 3.63) is 69.6 Å². The third-order valence-electron chi connectivity index (χ3n) is 3.28. The van der Waals surface area contributed by atoms with Crippen LogP contribution in [-0.2, 0) is 6.54 Å². The minimum absolute atomic E-state index is 0.268. The molecule has 108 valence electrons. The van der Waals surface area contributed by atoms with Gasteiger partial charge in [0.2, 0.25) is 0 Å². The molecule has 1 atom stereocenters. The van der Waals surface area contributed by atoms with Crippen molar-refractivity contribution in [2.45, 2.75) is 19.5 Å². The molecule has 0 radical (unpaired) electrons. The second-order valence-electron chi connectivity index (χ2n) is 4.83. The molecule has 0 saturated heterocycles. The first-order valence-electron chi connectivity index (χ1n) is 6.81. The molecule has 2 aromatic heterocycles. The van der Waals surface area contributed by atoms with Crippen molar-refractivity contribution in [3.63, 3.8) is 0 Å². The predicted molar refractivity (Wildman–Crippen MR) is 88.1 cm³/mol. The Labute approximate surface area is 133 Å². The van der Waals surface area contributed by atoms with E-state index in [0.717, 1.165) is 22.3 Å². The molecule has 0 bridgehead atoms. The summed E-state index contributed by atoms with van der Waals surface area (Å²) in [5.41, 5.74) is 2.09. The Kier molecular flexibility index (Phi) is 4.39. The third-order valence-corrected chi connectivity index (χ3v) is 4.69. The topological polar surface area (TPSA) is 29.9 Å². The number of benzene rings is 1. The summed E-state index contributed by atoms with van der Waals surface area (Å²) in [4.78, 5) is 1.24. The monoisotopic (exact) mass is 317 g/mol. The summed E-state index contributed by atoms with van der Waals surface area (Å²) in [7, 11) is 0. The van der Waals surface area contributed by atoms with Gasteiger partial charge in [0.25, 0.3) is 0 Å². The van der Waals surface area contributed by atoms with E-state index in [4.69, 9.17) is 11.6 Å². The summed E-state index contributed by atoms with van der Waals surface area (Å²) in [6, 6.07) is 16.4. The lowest BCUT2D eigenvalue weighted by atomic mass is 10.2. The van der Waals surface area contributed by atoms with Gasteiger partial charge in [0, 0.05) is 23.7 Å². The molecule has 2 heterocycles. The molecule has 21 heavy (non-hydrogen) atoms. The van der Waals surface area contributed by atoms with Gasteiger partial charge < -0.3 is 5.32 Å². The van der Waals surface area contributed by atoms with Crippen LogP contribution in [0.15, 0.2) is 54.7 Å². The zero-order chi connectivity index (χ0) is 14.7. The Morgan fingerprint density at radius 3 is 2.71 bits per heavy atom. The number of aromatic nitrogens is 2. The molecule has 3 nitrogen and oxygen atoms in total. The fourth-order valence-corrected chi connectivity index (χ4v) is 3.19. The van der Waals surface area contributed by atoms with E-state index in [1.54, 1.807) is 11.3 Å². The Morgan fingerprint density at radius 2 is 2.00 bits per heavy atom. The molecule has 0 aliphatic heterocycles. The van der Waals surface area contributed by atoms with Gasteiger partial charge in [-0.3, -0.25) is 0 Å². The van der Waals surface area contributed by atoms with Gasteiger partial charge in [0.1, 0.15) is 0 Å². The van der Waals surface area contributed by atoms with Crippen LogP contribution in [0.25, 0.3) is 5.69 Å². The van der Waals surface area contributed by atoms with E-state index in [-0.39, 0.29) is 6.04 Å². The Morgan fingerprint density at radius 1 is 1.19 bits per heavy atom. The summed E-state index contributed by atoms with van der Waals surface area (Å²) >= 11 is 7.58. The molecule has 1 unspecified atom stereocenters. The Bertz CT molecular complexity index is 705. The Hall–Kier alpha value is -1.62. The molecule has 0 aliphatic rings. The van der Waals surface area contributed by atoms with Crippen molar-refractivity contribution >= 4 is 22.9 Å². The Balaban J connectivity index is 1.63. The number of para-hydroxylation sites is 1. The van der Waals surface area contributed by atoms with Crippen LogP contribution in [0, 0.1) is 0 Å². The number of thiophene rings is 1. The summed E-state index contributed by atoms with van der Waals surface area (Å²) in [5, 5.41) is 8.05. The standard InChI is InChI=1S/C16H16ClN3S/c1-12(15-7-8-16(17)21-15)18-11-13-9-10-20(19-13)14-5-3-2-4-6-14/h2-10,12,18H,11H2,1H3. The second kappa shape index (κ2) is 6.43. The molecule has 1 aromatic carbocycles. The lowest BCUT2D eigenvalue weighted by Gasteiger charge is -2.10. The zero-order valence-electron chi connectivity index (χ0n) is 11.7. The molecular weight excluding hydrogens is 302 g/mol. The van der Waals surface area contributed by atoms with Gasteiger partial charge in [-0.05, 0) is 37.3 Å². The van der Waals surface area contributed by atoms with E-state index >= 15 is 0 Å². The van der Waals surface area contributed by atoms with E-state index in [1.807, 2.05) is 53.3 Å².